The third kappa shape index (κ3) is 2.53. The second-order valence-corrected chi connectivity index (χ2v) is 4.31. The van der Waals surface area contributed by atoms with Crippen molar-refractivity contribution in [2.24, 2.45) is 0 Å². The Hall–Kier alpha value is -1.53. The molecule has 0 amide bonds. The van der Waals surface area contributed by atoms with Crippen molar-refractivity contribution in [3.8, 4) is 6.07 Å². The van der Waals surface area contributed by atoms with E-state index >= 15 is 0 Å². The second kappa shape index (κ2) is 5.00. The average Bonchev–Trinajstić information content (AvgIpc) is 2.33. The maximum absolute atomic E-state index is 8.80. The Morgan fingerprint density at radius 2 is 2.12 bits per heavy atom. The monoisotopic (exact) mass is 215 g/mol. The summed E-state index contributed by atoms with van der Waals surface area (Å²) >= 11 is 0. The lowest BCUT2D eigenvalue weighted by Crippen LogP contribution is -2.35. The van der Waals surface area contributed by atoms with Gasteiger partial charge in [-0.15, -0.1) is 0 Å². The fourth-order valence-corrected chi connectivity index (χ4v) is 2.08. The highest BCUT2D eigenvalue weighted by Crippen LogP contribution is 2.19. The van der Waals surface area contributed by atoms with Crippen molar-refractivity contribution in [1.29, 1.82) is 5.26 Å². The molecule has 1 aliphatic rings. The third-order valence-corrected chi connectivity index (χ3v) is 3.05. The van der Waals surface area contributed by atoms with Gasteiger partial charge in [0.25, 0.3) is 0 Å². The van der Waals surface area contributed by atoms with Gasteiger partial charge in [0, 0.05) is 11.7 Å². The highest BCUT2D eigenvalue weighted by molar-refractivity contribution is 5.54. The number of aryl methyl sites for hydroxylation is 1. The zero-order valence-electron chi connectivity index (χ0n) is 9.59. The standard InChI is InChI=1S/C13H17N3/c1-10-8-11(9-14)2-3-13(10)16-12-4-6-15-7-5-12/h2-3,8,12,15-16H,4-7H2,1H3. The number of benzene rings is 1. The van der Waals surface area contributed by atoms with Gasteiger partial charge in [-0.3, -0.25) is 0 Å². The lowest BCUT2D eigenvalue weighted by atomic mass is 10.0. The molecule has 0 atom stereocenters. The van der Waals surface area contributed by atoms with Crippen LogP contribution in [0.15, 0.2) is 18.2 Å². The van der Waals surface area contributed by atoms with Crippen LogP contribution in [0.25, 0.3) is 0 Å². The maximum atomic E-state index is 8.80. The van der Waals surface area contributed by atoms with Gasteiger partial charge in [-0.1, -0.05) is 0 Å². The molecule has 0 aromatic heterocycles. The van der Waals surface area contributed by atoms with E-state index in [-0.39, 0.29) is 0 Å². The van der Waals surface area contributed by atoms with Crippen molar-refractivity contribution in [2.45, 2.75) is 25.8 Å². The Morgan fingerprint density at radius 3 is 2.75 bits per heavy atom. The number of rotatable bonds is 2. The van der Waals surface area contributed by atoms with Crippen molar-refractivity contribution in [1.82, 2.24) is 5.32 Å². The SMILES string of the molecule is Cc1cc(C#N)ccc1NC1CCNCC1. The minimum absolute atomic E-state index is 0.563. The van der Waals surface area contributed by atoms with Crippen LogP contribution >= 0.6 is 0 Å². The first kappa shape index (κ1) is 11.0. The summed E-state index contributed by atoms with van der Waals surface area (Å²) in [5.41, 5.74) is 3.04. The van der Waals surface area contributed by atoms with Crippen LogP contribution in [-0.4, -0.2) is 19.1 Å². The van der Waals surface area contributed by atoms with Gasteiger partial charge in [0.05, 0.1) is 11.6 Å². The number of nitrogens with zero attached hydrogens (tertiary/aromatic N) is 1. The molecule has 1 heterocycles. The predicted octanol–water partition coefficient (Wildman–Crippen LogP) is 2.03. The maximum Gasteiger partial charge on any atom is 0.0991 e. The third-order valence-electron chi connectivity index (χ3n) is 3.05. The average molecular weight is 215 g/mol. The van der Waals surface area contributed by atoms with E-state index in [2.05, 4.69) is 16.7 Å². The molecule has 1 aromatic carbocycles. The molecule has 1 fully saturated rings. The summed E-state index contributed by atoms with van der Waals surface area (Å²) in [4.78, 5) is 0. The number of hydrogen-bond acceptors (Lipinski definition) is 3. The van der Waals surface area contributed by atoms with Crippen LogP contribution in [0, 0.1) is 18.3 Å². The van der Waals surface area contributed by atoms with Crippen molar-refractivity contribution >= 4 is 5.69 Å². The predicted molar refractivity (Wildman–Crippen MR) is 65.4 cm³/mol. The molecule has 3 nitrogen and oxygen atoms in total. The molecular weight excluding hydrogens is 198 g/mol. The topological polar surface area (TPSA) is 47.9 Å². The minimum atomic E-state index is 0.563. The van der Waals surface area contributed by atoms with E-state index in [1.54, 1.807) is 0 Å². The van der Waals surface area contributed by atoms with Crippen LogP contribution < -0.4 is 10.6 Å². The zero-order chi connectivity index (χ0) is 11.4. The molecule has 3 heteroatoms. The van der Waals surface area contributed by atoms with Crippen molar-refractivity contribution in [3.63, 3.8) is 0 Å². The molecule has 1 saturated heterocycles. The summed E-state index contributed by atoms with van der Waals surface area (Å²) in [5, 5.41) is 15.7. The van der Waals surface area contributed by atoms with Gasteiger partial charge in [0.2, 0.25) is 0 Å². The van der Waals surface area contributed by atoms with Crippen molar-refractivity contribution in [2.75, 3.05) is 18.4 Å². The molecule has 0 radical (unpaired) electrons. The van der Waals surface area contributed by atoms with Crippen LogP contribution in [0.3, 0.4) is 0 Å². The smallest absolute Gasteiger partial charge is 0.0991 e. The number of anilines is 1. The van der Waals surface area contributed by atoms with Crippen LogP contribution in [-0.2, 0) is 0 Å². The Labute approximate surface area is 96.5 Å². The molecular formula is C13H17N3. The molecule has 1 aromatic rings. The Morgan fingerprint density at radius 1 is 1.38 bits per heavy atom. The molecule has 1 aliphatic heterocycles. The molecule has 0 bridgehead atoms. The highest BCUT2D eigenvalue weighted by atomic mass is 15.0. The van der Waals surface area contributed by atoms with Crippen LogP contribution in [0.1, 0.15) is 24.0 Å². The molecule has 2 N–H and O–H groups in total. The van der Waals surface area contributed by atoms with Crippen LogP contribution in [0.4, 0.5) is 5.69 Å². The summed E-state index contributed by atoms with van der Waals surface area (Å²) in [6.45, 7) is 4.23. The van der Waals surface area contributed by atoms with Crippen molar-refractivity contribution < 1.29 is 0 Å². The second-order valence-electron chi connectivity index (χ2n) is 4.31. The number of hydrogen-bond donors (Lipinski definition) is 2. The molecule has 0 unspecified atom stereocenters. The number of nitrogens with one attached hydrogen (secondary N) is 2. The largest absolute Gasteiger partial charge is 0.382 e. The fourth-order valence-electron chi connectivity index (χ4n) is 2.08. The zero-order valence-corrected chi connectivity index (χ0v) is 9.59. The molecule has 0 saturated carbocycles. The quantitative estimate of drug-likeness (QED) is 0.793. The van der Waals surface area contributed by atoms with E-state index in [1.807, 2.05) is 25.1 Å². The van der Waals surface area contributed by atoms with E-state index in [9.17, 15) is 0 Å². The lowest BCUT2D eigenvalue weighted by molar-refractivity contribution is 0.479. The molecule has 0 aliphatic carbocycles. The normalized spacial score (nSPS) is 16.8. The number of nitriles is 1. The van der Waals surface area contributed by atoms with Gasteiger partial charge in [-0.25, -0.2) is 0 Å². The van der Waals surface area contributed by atoms with E-state index in [1.165, 1.54) is 12.8 Å². The van der Waals surface area contributed by atoms with Crippen molar-refractivity contribution in [3.05, 3.63) is 29.3 Å². The molecule has 16 heavy (non-hydrogen) atoms. The fraction of sp³-hybridized carbons (Fsp3) is 0.462. The molecule has 0 spiro atoms. The van der Waals surface area contributed by atoms with Crippen LogP contribution in [0.2, 0.25) is 0 Å². The first-order chi connectivity index (χ1) is 7.79. The van der Waals surface area contributed by atoms with Gasteiger partial charge >= 0.3 is 0 Å². The number of piperidine rings is 1. The summed E-state index contributed by atoms with van der Waals surface area (Å²) in [6, 6.07) is 8.54. The van der Waals surface area contributed by atoms with Gasteiger partial charge in [0.1, 0.15) is 0 Å². The van der Waals surface area contributed by atoms with Gasteiger partial charge in [-0.2, -0.15) is 5.26 Å². The first-order valence-corrected chi connectivity index (χ1v) is 5.77. The Balaban J connectivity index is 2.06. The summed E-state index contributed by atoms with van der Waals surface area (Å²) in [6.07, 6.45) is 2.33. The van der Waals surface area contributed by atoms with E-state index in [0.29, 0.717) is 6.04 Å². The van der Waals surface area contributed by atoms with Gasteiger partial charge in [0.15, 0.2) is 0 Å². The molecule has 84 valence electrons. The molecule has 2 rings (SSSR count). The summed E-state index contributed by atoms with van der Waals surface area (Å²) in [5.74, 6) is 0. The van der Waals surface area contributed by atoms with E-state index < -0.39 is 0 Å². The van der Waals surface area contributed by atoms with Gasteiger partial charge < -0.3 is 10.6 Å². The van der Waals surface area contributed by atoms with Gasteiger partial charge in [-0.05, 0) is 56.6 Å². The summed E-state index contributed by atoms with van der Waals surface area (Å²) in [7, 11) is 0. The Bertz CT molecular complexity index is 400. The van der Waals surface area contributed by atoms with Crippen LogP contribution in [0.5, 0.6) is 0 Å². The van der Waals surface area contributed by atoms with E-state index in [0.717, 1.165) is 29.9 Å². The minimum Gasteiger partial charge on any atom is -0.382 e. The Kier molecular flexibility index (Phi) is 3.43. The lowest BCUT2D eigenvalue weighted by Gasteiger charge is -2.25. The summed E-state index contributed by atoms with van der Waals surface area (Å²) < 4.78 is 0. The van der Waals surface area contributed by atoms with E-state index in [4.69, 9.17) is 5.26 Å². The first-order valence-electron chi connectivity index (χ1n) is 5.77. The highest BCUT2D eigenvalue weighted by Gasteiger charge is 2.13.